The average Bonchev–Trinajstić information content (AvgIpc) is 2.62. The standard InChI is InChI=1S/C22H24N2O2/c1-15-12-16(2)21-19(13-15)14-18(22(26)24-21)10-11-23-20(25)9-8-17-6-4-3-5-7-17/h3-7,12-14H,8-11H2,1-2H3,(H,23,25)(H,24,26). The van der Waals surface area contributed by atoms with E-state index in [-0.39, 0.29) is 11.5 Å². The van der Waals surface area contributed by atoms with Gasteiger partial charge >= 0.3 is 0 Å². The van der Waals surface area contributed by atoms with Crippen molar-refractivity contribution in [1.82, 2.24) is 10.3 Å². The van der Waals surface area contributed by atoms with E-state index in [0.29, 0.717) is 24.9 Å². The van der Waals surface area contributed by atoms with Crippen molar-refractivity contribution in [3.63, 3.8) is 0 Å². The van der Waals surface area contributed by atoms with Gasteiger partial charge in [0.2, 0.25) is 5.91 Å². The molecule has 4 heteroatoms. The average molecular weight is 348 g/mol. The highest BCUT2D eigenvalue weighted by atomic mass is 16.1. The van der Waals surface area contributed by atoms with Crippen LogP contribution in [0, 0.1) is 13.8 Å². The van der Waals surface area contributed by atoms with E-state index in [0.717, 1.165) is 28.5 Å². The van der Waals surface area contributed by atoms with Gasteiger partial charge in [-0.3, -0.25) is 9.59 Å². The molecular formula is C22H24N2O2. The van der Waals surface area contributed by atoms with Crippen molar-refractivity contribution in [2.75, 3.05) is 6.54 Å². The van der Waals surface area contributed by atoms with Gasteiger partial charge in [-0.05, 0) is 55.3 Å². The minimum atomic E-state index is -0.0806. The molecule has 3 aromatic rings. The molecular weight excluding hydrogens is 324 g/mol. The molecule has 1 heterocycles. The first kappa shape index (κ1) is 17.9. The topological polar surface area (TPSA) is 62.0 Å². The van der Waals surface area contributed by atoms with Crippen LogP contribution in [0.1, 0.15) is 28.7 Å². The van der Waals surface area contributed by atoms with E-state index in [1.54, 1.807) is 0 Å². The number of hydrogen-bond acceptors (Lipinski definition) is 2. The van der Waals surface area contributed by atoms with Crippen molar-refractivity contribution >= 4 is 16.8 Å². The van der Waals surface area contributed by atoms with E-state index in [4.69, 9.17) is 0 Å². The maximum atomic E-state index is 12.3. The van der Waals surface area contributed by atoms with Gasteiger partial charge in [-0.1, -0.05) is 42.0 Å². The molecule has 2 N–H and O–H groups in total. The summed E-state index contributed by atoms with van der Waals surface area (Å²) in [5, 5.41) is 3.94. The first-order chi connectivity index (χ1) is 12.5. The number of pyridine rings is 1. The Morgan fingerprint density at radius 1 is 1.04 bits per heavy atom. The van der Waals surface area contributed by atoms with Crippen molar-refractivity contribution in [1.29, 1.82) is 0 Å². The third-order valence-electron chi connectivity index (χ3n) is 4.57. The van der Waals surface area contributed by atoms with E-state index < -0.39 is 0 Å². The van der Waals surface area contributed by atoms with Gasteiger partial charge in [0.25, 0.3) is 5.56 Å². The van der Waals surface area contributed by atoms with Crippen LogP contribution in [0.4, 0.5) is 0 Å². The Balaban J connectivity index is 1.58. The minimum absolute atomic E-state index is 0.0118. The van der Waals surface area contributed by atoms with Gasteiger partial charge in [0, 0.05) is 18.5 Å². The van der Waals surface area contributed by atoms with Crippen LogP contribution in [0.5, 0.6) is 0 Å². The molecule has 0 atom stereocenters. The highest BCUT2D eigenvalue weighted by Gasteiger charge is 2.07. The molecule has 3 rings (SSSR count). The van der Waals surface area contributed by atoms with Crippen LogP contribution in [-0.4, -0.2) is 17.4 Å². The van der Waals surface area contributed by atoms with Crippen molar-refractivity contribution < 1.29 is 4.79 Å². The highest BCUT2D eigenvalue weighted by molar-refractivity contribution is 5.83. The van der Waals surface area contributed by atoms with E-state index in [2.05, 4.69) is 22.4 Å². The lowest BCUT2D eigenvalue weighted by molar-refractivity contribution is -0.121. The predicted molar refractivity (Wildman–Crippen MR) is 106 cm³/mol. The number of carbonyl (C=O) groups is 1. The molecule has 0 aliphatic carbocycles. The molecule has 0 radical (unpaired) electrons. The molecule has 0 unspecified atom stereocenters. The van der Waals surface area contributed by atoms with Crippen molar-refractivity contribution in [3.8, 4) is 0 Å². The maximum absolute atomic E-state index is 12.3. The zero-order chi connectivity index (χ0) is 18.5. The van der Waals surface area contributed by atoms with Crippen LogP contribution in [-0.2, 0) is 17.6 Å². The Morgan fingerprint density at radius 3 is 2.58 bits per heavy atom. The van der Waals surface area contributed by atoms with Gasteiger partial charge in [0.1, 0.15) is 0 Å². The number of rotatable bonds is 6. The lowest BCUT2D eigenvalue weighted by Crippen LogP contribution is -2.27. The van der Waals surface area contributed by atoms with Crippen LogP contribution in [0.3, 0.4) is 0 Å². The molecule has 26 heavy (non-hydrogen) atoms. The second-order valence-electron chi connectivity index (χ2n) is 6.76. The number of carbonyl (C=O) groups excluding carboxylic acids is 1. The molecule has 134 valence electrons. The Kier molecular flexibility index (Phi) is 5.52. The van der Waals surface area contributed by atoms with E-state index in [9.17, 15) is 9.59 Å². The normalized spacial score (nSPS) is 10.8. The lowest BCUT2D eigenvalue weighted by Gasteiger charge is -2.08. The fraction of sp³-hybridized carbons (Fsp3) is 0.273. The summed E-state index contributed by atoms with van der Waals surface area (Å²) in [6, 6.07) is 16.0. The molecule has 1 aromatic heterocycles. The molecule has 4 nitrogen and oxygen atoms in total. The third kappa shape index (κ3) is 4.39. The third-order valence-corrected chi connectivity index (χ3v) is 4.57. The van der Waals surface area contributed by atoms with Crippen LogP contribution in [0.25, 0.3) is 10.9 Å². The molecule has 1 amide bonds. The van der Waals surface area contributed by atoms with Crippen molar-refractivity contribution in [2.24, 2.45) is 0 Å². The number of aromatic nitrogens is 1. The van der Waals surface area contributed by atoms with Gasteiger partial charge < -0.3 is 10.3 Å². The van der Waals surface area contributed by atoms with Gasteiger partial charge in [-0.25, -0.2) is 0 Å². The molecule has 0 fully saturated rings. The summed E-state index contributed by atoms with van der Waals surface area (Å²) in [6.07, 6.45) is 1.70. The SMILES string of the molecule is Cc1cc(C)c2[nH]c(=O)c(CCNC(=O)CCc3ccccc3)cc2c1. The van der Waals surface area contributed by atoms with Crippen LogP contribution < -0.4 is 10.9 Å². The van der Waals surface area contributed by atoms with E-state index >= 15 is 0 Å². The molecule has 2 aromatic carbocycles. The fourth-order valence-electron chi connectivity index (χ4n) is 3.25. The summed E-state index contributed by atoms with van der Waals surface area (Å²) in [5.41, 5.74) is 4.89. The maximum Gasteiger partial charge on any atom is 0.251 e. The molecule has 0 aliphatic rings. The van der Waals surface area contributed by atoms with E-state index in [1.165, 1.54) is 5.56 Å². The Labute approximate surface area is 153 Å². The number of H-pyrrole nitrogens is 1. The smallest absolute Gasteiger partial charge is 0.251 e. The largest absolute Gasteiger partial charge is 0.356 e. The summed E-state index contributed by atoms with van der Waals surface area (Å²) in [7, 11) is 0. The fourth-order valence-corrected chi connectivity index (χ4v) is 3.25. The lowest BCUT2D eigenvalue weighted by atomic mass is 10.0. The van der Waals surface area contributed by atoms with Crippen molar-refractivity contribution in [3.05, 3.63) is 81.1 Å². The second kappa shape index (κ2) is 8.00. The second-order valence-corrected chi connectivity index (χ2v) is 6.76. The summed E-state index contributed by atoms with van der Waals surface area (Å²) in [6.45, 7) is 4.51. The molecule has 0 aliphatic heterocycles. The summed E-state index contributed by atoms with van der Waals surface area (Å²) in [5.74, 6) is 0.0118. The van der Waals surface area contributed by atoms with Crippen LogP contribution >= 0.6 is 0 Å². The summed E-state index contributed by atoms with van der Waals surface area (Å²) in [4.78, 5) is 27.3. The number of benzene rings is 2. The quantitative estimate of drug-likeness (QED) is 0.717. The number of aryl methyl sites for hydroxylation is 3. The Bertz CT molecular complexity index is 975. The Morgan fingerprint density at radius 2 is 1.81 bits per heavy atom. The highest BCUT2D eigenvalue weighted by Crippen LogP contribution is 2.18. The van der Waals surface area contributed by atoms with Gasteiger partial charge in [-0.15, -0.1) is 0 Å². The van der Waals surface area contributed by atoms with Gasteiger partial charge in [-0.2, -0.15) is 0 Å². The zero-order valence-electron chi connectivity index (χ0n) is 15.3. The van der Waals surface area contributed by atoms with Crippen LogP contribution in [0.2, 0.25) is 0 Å². The van der Waals surface area contributed by atoms with Gasteiger partial charge in [0.15, 0.2) is 0 Å². The predicted octanol–water partition coefficient (Wildman–Crippen LogP) is 3.44. The summed E-state index contributed by atoms with van der Waals surface area (Å²) < 4.78 is 0. The first-order valence-corrected chi connectivity index (χ1v) is 8.97. The van der Waals surface area contributed by atoms with E-state index in [1.807, 2.05) is 50.2 Å². The monoisotopic (exact) mass is 348 g/mol. The molecule has 0 saturated carbocycles. The number of nitrogens with one attached hydrogen (secondary N) is 2. The van der Waals surface area contributed by atoms with Crippen LogP contribution in [0.15, 0.2) is 53.3 Å². The molecule has 0 bridgehead atoms. The molecule has 0 saturated heterocycles. The van der Waals surface area contributed by atoms with Gasteiger partial charge in [0.05, 0.1) is 5.52 Å². The number of amides is 1. The number of aromatic amines is 1. The zero-order valence-corrected chi connectivity index (χ0v) is 15.3. The number of fused-ring (bicyclic) bond motifs is 1. The first-order valence-electron chi connectivity index (χ1n) is 8.97. The minimum Gasteiger partial charge on any atom is -0.356 e. The van der Waals surface area contributed by atoms with Crippen molar-refractivity contribution in [2.45, 2.75) is 33.1 Å². The Hall–Kier alpha value is -2.88. The summed E-state index contributed by atoms with van der Waals surface area (Å²) >= 11 is 0. The number of hydrogen-bond donors (Lipinski definition) is 2. The molecule has 0 spiro atoms.